The van der Waals surface area contributed by atoms with Crippen LogP contribution >= 0.6 is 11.6 Å². The average Bonchev–Trinajstić information content (AvgIpc) is 2.76. The van der Waals surface area contributed by atoms with Crippen LogP contribution in [0.15, 0.2) is 41.2 Å². The van der Waals surface area contributed by atoms with Crippen molar-refractivity contribution in [3.8, 4) is 11.4 Å². The summed E-state index contributed by atoms with van der Waals surface area (Å²) in [7, 11) is 0. The van der Waals surface area contributed by atoms with Crippen molar-refractivity contribution in [2.24, 2.45) is 5.92 Å². The molecule has 0 spiro atoms. The minimum atomic E-state index is -4.91. The molecule has 0 unspecified atom stereocenters. The van der Waals surface area contributed by atoms with Gasteiger partial charge in [-0.1, -0.05) is 23.7 Å². The van der Waals surface area contributed by atoms with E-state index in [9.17, 15) is 27.2 Å². The lowest BCUT2D eigenvalue weighted by molar-refractivity contribution is -0.137. The summed E-state index contributed by atoms with van der Waals surface area (Å²) in [6, 6.07) is 6.92. The van der Waals surface area contributed by atoms with E-state index < -0.39 is 52.1 Å². The van der Waals surface area contributed by atoms with Gasteiger partial charge in [-0.2, -0.15) is 13.2 Å². The van der Waals surface area contributed by atoms with E-state index in [0.717, 1.165) is 12.1 Å². The van der Waals surface area contributed by atoms with Crippen molar-refractivity contribution in [2.75, 3.05) is 0 Å². The molecule has 0 bridgehead atoms. The molecule has 0 radical (unpaired) electrons. The first-order valence-corrected chi connectivity index (χ1v) is 11.6. The molecule has 1 aliphatic rings. The number of aromatic nitrogens is 2. The van der Waals surface area contributed by atoms with Crippen LogP contribution in [0.1, 0.15) is 35.2 Å². The maximum Gasteiger partial charge on any atom is 0.417 e. The summed E-state index contributed by atoms with van der Waals surface area (Å²) in [5, 5.41) is 2.79. The highest BCUT2D eigenvalue weighted by Crippen LogP contribution is 2.38. The van der Waals surface area contributed by atoms with Crippen LogP contribution in [0.4, 0.5) is 22.0 Å². The Hall–Kier alpha value is -3.31. The van der Waals surface area contributed by atoms with Gasteiger partial charge in [0.2, 0.25) is 5.91 Å². The van der Waals surface area contributed by atoms with Gasteiger partial charge in [-0.05, 0) is 38.0 Å². The fourth-order valence-electron chi connectivity index (χ4n) is 4.01. The zero-order chi connectivity index (χ0) is 26.9. The Morgan fingerprint density at radius 3 is 2.51 bits per heavy atom. The Kier molecular flexibility index (Phi) is 7.65. The molecular weight excluding hydrogens is 521 g/mol. The fourth-order valence-corrected chi connectivity index (χ4v) is 4.17. The van der Waals surface area contributed by atoms with Gasteiger partial charge in [-0.3, -0.25) is 9.59 Å². The second kappa shape index (κ2) is 10.6. The van der Waals surface area contributed by atoms with Crippen LogP contribution < -0.4 is 10.9 Å². The monoisotopic (exact) mass is 541 g/mol. The zero-order valence-corrected chi connectivity index (χ0v) is 20.1. The Morgan fingerprint density at radius 2 is 1.86 bits per heavy atom. The number of hydrogen-bond acceptors (Lipinski definition) is 4. The number of hydrogen-bond donors (Lipinski definition) is 2. The van der Waals surface area contributed by atoms with Gasteiger partial charge in [-0.25, -0.2) is 13.8 Å². The van der Waals surface area contributed by atoms with Gasteiger partial charge in [0.25, 0.3) is 5.56 Å². The molecule has 1 aromatic heterocycles. The van der Waals surface area contributed by atoms with E-state index >= 15 is 4.39 Å². The Balaban J connectivity index is 1.40. The molecular formula is C25H21ClF5N3O3. The lowest BCUT2D eigenvalue weighted by atomic mass is 9.81. The van der Waals surface area contributed by atoms with E-state index in [-0.39, 0.29) is 35.5 Å². The predicted octanol–water partition coefficient (Wildman–Crippen LogP) is 5.31. The molecule has 0 atom stereocenters. The largest absolute Gasteiger partial charge is 0.417 e. The van der Waals surface area contributed by atoms with Crippen molar-refractivity contribution in [1.29, 1.82) is 0 Å². The molecule has 4 rings (SSSR count). The summed E-state index contributed by atoms with van der Waals surface area (Å²) < 4.78 is 75.4. The predicted molar refractivity (Wildman–Crippen MR) is 125 cm³/mol. The van der Waals surface area contributed by atoms with E-state index in [0.29, 0.717) is 24.5 Å². The summed E-state index contributed by atoms with van der Waals surface area (Å²) in [6.45, 7) is 1.04. The van der Waals surface area contributed by atoms with Gasteiger partial charge < -0.3 is 15.0 Å². The number of alkyl halides is 3. The molecule has 1 aliphatic carbocycles. The Morgan fingerprint density at radius 1 is 1.16 bits per heavy atom. The molecule has 2 aromatic carbocycles. The highest BCUT2D eigenvalue weighted by atomic mass is 35.5. The van der Waals surface area contributed by atoms with Crippen molar-refractivity contribution < 1.29 is 31.5 Å². The van der Waals surface area contributed by atoms with Gasteiger partial charge in [0.05, 0.1) is 23.8 Å². The summed E-state index contributed by atoms with van der Waals surface area (Å²) in [5.74, 6) is -3.15. The van der Waals surface area contributed by atoms with Crippen molar-refractivity contribution in [2.45, 2.75) is 45.2 Å². The van der Waals surface area contributed by atoms with Gasteiger partial charge in [0.15, 0.2) is 0 Å². The molecule has 1 saturated carbocycles. The molecule has 1 amide bonds. The highest BCUT2D eigenvalue weighted by molar-refractivity contribution is 6.30. The number of nitrogens with zero attached hydrogens (tertiary/aromatic N) is 1. The van der Waals surface area contributed by atoms with Gasteiger partial charge >= 0.3 is 6.18 Å². The smallest absolute Gasteiger partial charge is 0.373 e. The molecule has 0 aliphatic heterocycles. The van der Waals surface area contributed by atoms with Crippen LogP contribution in [0, 0.1) is 24.5 Å². The average molecular weight is 542 g/mol. The first-order valence-electron chi connectivity index (χ1n) is 11.2. The molecule has 6 nitrogen and oxygen atoms in total. The first-order chi connectivity index (χ1) is 17.4. The maximum absolute atomic E-state index is 15.3. The van der Waals surface area contributed by atoms with Gasteiger partial charge in [-0.15, -0.1) is 0 Å². The van der Waals surface area contributed by atoms with Crippen molar-refractivity contribution in [1.82, 2.24) is 15.3 Å². The molecule has 0 saturated heterocycles. The third kappa shape index (κ3) is 6.16. The molecule has 1 fully saturated rings. The number of benzene rings is 2. The van der Waals surface area contributed by atoms with E-state index in [1.165, 1.54) is 19.1 Å². The zero-order valence-electron chi connectivity index (χ0n) is 19.4. The van der Waals surface area contributed by atoms with Crippen LogP contribution in [-0.2, 0) is 28.9 Å². The van der Waals surface area contributed by atoms with E-state index in [1.54, 1.807) is 6.07 Å². The van der Waals surface area contributed by atoms with Crippen molar-refractivity contribution in [3.05, 3.63) is 85.8 Å². The van der Waals surface area contributed by atoms with E-state index in [2.05, 4.69) is 15.3 Å². The second-order valence-corrected chi connectivity index (χ2v) is 9.19. The second-order valence-electron chi connectivity index (χ2n) is 8.75. The molecule has 3 aromatic rings. The third-order valence-electron chi connectivity index (χ3n) is 6.04. The lowest BCUT2D eigenvalue weighted by Crippen LogP contribution is -2.42. The highest BCUT2D eigenvalue weighted by Gasteiger charge is 2.38. The van der Waals surface area contributed by atoms with E-state index in [4.69, 9.17) is 16.3 Å². The minimum absolute atomic E-state index is 0.0106. The molecule has 1 heterocycles. The number of carbonyl (C=O) groups is 1. The Bertz CT molecular complexity index is 1390. The molecule has 2 N–H and O–H groups in total. The molecule has 12 heteroatoms. The van der Waals surface area contributed by atoms with E-state index in [1.807, 2.05) is 0 Å². The normalized spacial score (nSPS) is 17.4. The van der Waals surface area contributed by atoms with Crippen LogP contribution in [0.25, 0.3) is 11.4 Å². The summed E-state index contributed by atoms with van der Waals surface area (Å²) in [4.78, 5) is 30.3. The Labute approximate surface area is 212 Å². The fraction of sp³-hybridized carbons (Fsp3) is 0.320. The number of nitrogens with one attached hydrogen (secondary N) is 2. The summed E-state index contributed by atoms with van der Waals surface area (Å²) >= 11 is 5.72. The van der Waals surface area contributed by atoms with Crippen LogP contribution in [-0.4, -0.2) is 22.0 Å². The SMILES string of the molecule is Cc1cc(=O)[nH]c(-c2c(C(F)(F)F)ccc(CNC(=O)C3CC(OCc4ccc(Cl)cc4F)C3)c2F)n1. The summed E-state index contributed by atoms with van der Waals surface area (Å²) in [6.07, 6.45) is -4.47. The van der Waals surface area contributed by atoms with Gasteiger partial charge in [0.1, 0.15) is 17.5 Å². The molecule has 37 heavy (non-hydrogen) atoms. The summed E-state index contributed by atoms with van der Waals surface area (Å²) in [5.41, 5.74) is -2.68. The van der Waals surface area contributed by atoms with Crippen molar-refractivity contribution in [3.63, 3.8) is 0 Å². The van der Waals surface area contributed by atoms with Crippen molar-refractivity contribution >= 4 is 17.5 Å². The number of aryl methyl sites for hydroxylation is 1. The van der Waals surface area contributed by atoms with Gasteiger partial charge in [0, 0.05) is 40.4 Å². The van der Waals surface area contributed by atoms with Crippen LogP contribution in [0.3, 0.4) is 0 Å². The standard InChI is InChI=1S/C25H21ClF5N3O3/c1-12-6-20(35)34-23(33-12)21-18(25(29,30)31)5-3-13(22(21)28)10-32-24(36)15-7-17(8-15)37-11-14-2-4-16(26)9-19(14)27/h2-6,9,15,17H,7-8,10-11H2,1H3,(H,32,36)(H,33,34,35). The third-order valence-corrected chi connectivity index (χ3v) is 6.28. The van der Waals surface area contributed by atoms with Crippen LogP contribution in [0.2, 0.25) is 5.02 Å². The maximum atomic E-state index is 15.3. The number of rotatable bonds is 7. The number of ether oxygens (including phenoxy) is 1. The number of amides is 1. The number of halogens is 6. The topological polar surface area (TPSA) is 84.1 Å². The number of aromatic amines is 1. The lowest BCUT2D eigenvalue weighted by Gasteiger charge is -2.34. The van der Waals surface area contributed by atoms with Crippen LogP contribution in [0.5, 0.6) is 0 Å². The number of H-pyrrole nitrogens is 1. The molecule has 196 valence electrons. The first kappa shape index (κ1) is 26.7. The minimum Gasteiger partial charge on any atom is -0.373 e. The number of carbonyl (C=O) groups excluding carboxylic acids is 1. The quantitative estimate of drug-likeness (QED) is 0.397.